The zero-order valence-corrected chi connectivity index (χ0v) is 12.3. The van der Waals surface area contributed by atoms with Crippen LogP contribution in [0.1, 0.15) is 0 Å². The van der Waals surface area contributed by atoms with E-state index in [0.29, 0.717) is 0 Å². The maximum Gasteiger partial charge on any atom is 0.0471 e. The van der Waals surface area contributed by atoms with Gasteiger partial charge in [0.05, 0.1) is 0 Å². The van der Waals surface area contributed by atoms with E-state index < -0.39 is 0 Å². The van der Waals surface area contributed by atoms with Crippen molar-refractivity contribution in [3.05, 3.63) is 71.2 Å². The Balaban J connectivity index is 2.16. The first-order valence-corrected chi connectivity index (χ1v) is 7.37. The monoisotopic (exact) mass is 321 g/mol. The number of nitrogens with one attached hydrogen (secondary N) is 1. The van der Waals surface area contributed by atoms with Gasteiger partial charge in [-0.15, -0.1) is 0 Å². The molecule has 4 rings (SSSR count). The molecule has 0 spiro atoms. The molecule has 0 aliphatic rings. The Morgan fingerprint density at radius 1 is 0.750 bits per heavy atom. The van der Waals surface area contributed by atoms with Crippen molar-refractivity contribution in [2.45, 2.75) is 0 Å². The number of H-pyrrole nitrogens is 1. The Bertz CT molecular complexity index is 907. The van der Waals surface area contributed by atoms with E-state index in [0.717, 1.165) is 4.47 Å². The molecular weight excluding hydrogens is 310 g/mol. The highest BCUT2D eigenvalue weighted by Crippen LogP contribution is 2.35. The molecule has 0 atom stereocenters. The van der Waals surface area contributed by atoms with Crippen LogP contribution in [-0.4, -0.2) is 4.98 Å². The Morgan fingerprint density at radius 3 is 2.45 bits per heavy atom. The van der Waals surface area contributed by atoms with Crippen LogP contribution in [0.5, 0.6) is 0 Å². The van der Waals surface area contributed by atoms with Crippen LogP contribution in [0.3, 0.4) is 0 Å². The molecule has 0 bridgehead atoms. The van der Waals surface area contributed by atoms with E-state index in [4.69, 9.17) is 0 Å². The molecule has 1 N–H and O–H groups in total. The fourth-order valence-electron chi connectivity index (χ4n) is 2.78. The fraction of sp³-hybridized carbons (Fsp3) is 0. The summed E-state index contributed by atoms with van der Waals surface area (Å²) in [7, 11) is 0. The molecule has 1 heterocycles. The second-order valence-electron chi connectivity index (χ2n) is 4.91. The van der Waals surface area contributed by atoms with Gasteiger partial charge in [0.1, 0.15) is 0 Å². The number of aromatic nitrogens is 1. The van der Waals surface area contributed by atoms with Crippen molar-refractivity contribution in [3.8, 4) is 11.1 Å². The number of hydrogen-bond acceptors (Lipinski definition) is 0. The van der Waals surface area contributed by atoms with Gasteiger partial charge >= 0.3 is 0 Å². The summed E-state index contributed by atoms with van der Waals surface area (Å²) in [6, 6.07) is 23.3. The summed E-state index contributed by atoms with van der Waals surface area (Å²) in [6.45, 7) is 0. The average Bonchev–Trinajstić information content (AvgIpc) is 2.86. The van der Waals surface area contributed by atoms with E-state index in [1.54, 1.807) is 0 Å². The van der Waals surface area contributed by atoms with Crippen LogP contribution in [0.4, 0.5) is 0 Å². The number of rotatable bonds is 1. The van der Waals surface area contributed by atoms with Crippen molar-refractivity contribution < 1.29 is 0 Å². The summed E-state index contributed by atoms with van der Waals surface area (Å²) in [5, 5.41) is 2.55. The van der Waals surface area contributed by atoms with E-state index in [1.165, 1.54) is 32.9 Å². The van der Waals surface area contributed by atoms with Crippen molar-refractivity contribution in [3.63, 3.8) is 0 Å². The SMILES string of the molecule is Brc1ccc2[nH]c3cccc(-c4ccccc4)c3c2c1. The Kier molecular flexibility index (Phi) is 2.64. The number of hydrogen-bond donors (Lipinski definition) is 1. The van der Waals surface area contributed by atoms with Gasteiger partial charge < -0.3 is 4.98 Å². The molecule has 0 unspecified atom stereocenters. The Labute approximate surface area is 125 Å². The van der Waals surface area contributed by atoms with Crippen LogP contribution in [0.2, 0.25) is 0 Å². The van der Waals surface area contributed by atoms with Gasteiger partial charge in [0.25, 0.3) is 0 Å². The molecule has 0 saturated heterocycles. The van der Waals surface area contributed by atoms with Crippen molar-refractivity contribution in [1.29, 1.82) is 0 Å². The molecule has 4 aromatic rings. The summed E-state index contributed by atoms with van der Waals surface area (Å²) in [5.41, 5.74) is 4.87. The number of benzene rings is 3. The molecule has 1 nitrogen and oxygen atoms in total. The molecule has 0 fully saturated rings. The van der Waals surface area contributed by atoms with Gasteiger partial charge in [-0.05, 0) is 35.4 Å². The zero-order valence-electron chi connectivity index (χ0n) is 10.7. The Morgan fingerprint density at radius 2 is 1.60 bits per heavy atom. The second kappa shape index (κ2) is 4.50. The van der Waals surface area contributed by atoms with Crippen LogP contribution in [0.25, 0.3) is 32.9 Å². The summed E-state index contributed by atoms with van der Waals surface area (Å²) in [5.74, 6) is 0. The minimum absolute atomic E-state index is 1.11. The molecule has 2 heteroatoms. The lowest BCUT2D eigenvalue weighted by atomic mass is 10.00. The third-order valence-electron chi connectivity index (χ3n) is 3.67. The molecule has 1 aromatic heterocycles. The highest BCUT2D eigenvalue weighted by molar-refractivity contribution is 9.10. The van der Waals surface area contributed by atoms with Gasteiger partial charge in [0, 0.05) is 26.3 Å². The van der Waals surface area contributed by atoms with E-state index in [2.05, 4.69) is 87.6 Å². The number of aromatic amines is 1. The average molecular weight is 322 g/mol. The van der Waals surface area contributed by atoms with Crippen LogP contribution < -0.4 is 0 Å². The van der Waals surface area contributed by atoms with Gasteiger partial charge in [-0.25, -0.2) is 0 Å². The molecular formula is C18H12BrN. The zero-order chi connectivity index (χ0) is 13.5. The van der Waals surface area contributed by atoms with Crippen LogP contribution >= 0.6 is 15.9 Å². The first-order valence-electron chi connectivity index (χ1n) is 6.58. The molecule has 0 saturated carbocycles. The minimum Gasteiger partial charge on any atom is -0.354 e. The molecule has 96 valence electrons. The maximum absolute atomic E-state index is 3.57. The third-order valence-corrected chi connectivity index (χ3v) is 4.16. The quantitative estimate of drug-likeness (QED) is 0.459. The van der Waals surface area contributed by atoms with Crippen molar-refractivity contribution >= 4 is 37.7 Å². The first-order chi connectivity index (χ1) is 9.83. The van der Waals surface area contributed by atoms with E-state index in [9.17, 15) is 0 Å². The standard InChI is InChI=1S/C18H12BrN/c19-13-9-10-16-15(11-13)18-14(7-4-8-17(18)20-16)12-5-2-1-3-6-12/h1-11,20H. The molecule has 20 heavy (non-hydrogen) atoms. The van der Waals surface area contributed by atoms with Crippen LogP contribution in [0.15, 0.2) is 71.2 Å². The molecule has 0 aliphatic heterocycles. The fourth-order valence-corrected chi connectivity index (χ4v) is 3.14. The smallest absolute Gasteiger partial charge is 0.0471 e. The lowest BCUT2D eigenvalue weighted by molar-refractivity contribution is 1.54. The van der Waals surface area contributed by atoms with E-state index in [-0.39, 0.29) is 0 Å². The van der Waals surface area contributed by atoms with Gasteiger partial charge in [-0.2, -0.15) is 0 Å². The Hall–Kier alpha value is -2.06. The molecule has 0 radical (unpaired) electrons. The number of halogens is 1. The summed E-state index contributed by atoms with van der Waals surface area (Å²) in [6.07, 6.45) is 0. The predicted molar refractivity (Wildman–Crippen MR) is 88.9 cm³/mol. The van der Waals surface area contributed by atoms with Crippen molar-refractivity contribution in [1.82, 2.24) is 4.98 Å². The van der Waals surface area contributed by atoms with Gasteiger partial charge in [-0.1, -0.05) is 58.4 Å². The van der Waals surface area contributed by atoms with E-state index in [1.807, 2.05) is 0 Å². The van der Waals surface area contributed by atoms with E-state index >= 15 is 0 Å². The van der Waals surface area contributed by atoms with Gasteiger partial charge in [0.15, 0.2) is 0 Å². The second-order valence-corrected chi connectivity index (χ2v) is 5.82. The highest BCUT2D eigenvalue weighted by Gasteiger charge is 2.10. The molecule has 0 aliphatic carbocycles. The third kappa shape index (κ3) is 1.76. The minimum atomic E-state index is 1.11. The summed E-state index contributed by atoms with van der Waals surface area (Å²) < 4.78 is 1.11. The van der Waals surface area contributed by atoms with Gasteiger partial charge in [-0.3, -0.25) is 0 Å². The molecule has 3 aromatic carbocycles. The number of fused-ring (bicyclic) bond motifs is 3. The predicted octanol–water partition coefficient (Wildman–Crippen LogP) is 5.75. The maximum atomic E-state index is 3.57. The summed E-state index contributed by atoms with van der Waals surface area (Å²) >= 11 is 3.57. The lowest BCUT2D eigenvalue weighted by Crippen LogP contribution is -1.78. The van der Waals surface area contributed by atoms with Gasteiger partial charge in [0.2, 0.25) is 0 Å². The van der Waals surface area contributed by atoms with Crippen LogP contribution in [-0.2, 0) is 0 Å². The lowest BCUT2D eigenvalue weighted by Gasteiger charge is -2.04. The van der Waals surface area contributed by atoms with Crippen molar-refractivity contribution in [2.24, 2.45) is 0 Å². The normalized spacial score (nSPS) is 11.2. The summed E-state index contributed by atoms with van der Waals surface area (Å²) in [4.78, 5) is 3.49. The van der Waals surface area contributed by atoms with Crippen molar-refractivity contribution in [2.75, 3.05) is 0 Å². The largest absolute Gasteiger partial charge is 0.354 e. The van der Waals surface area contributed by atoms with Crippen LogP contribution in [0, 0.1) is 0 Å². The topological polar surface area (TPSA) is 15.8 Å². The molecule has 0 amide bonds. The first kappa shape index (κ1) is 11.7. The highest BCUT2D eigenvalue weighted by atomic mass is 79.9.